The third-order valence-corrected chi connectivity index (χ3v) is 1.33. The second-order valence-electron chi connectivity index (χ2n) is 1.89. The van der Waals surface area contributed by atoms with E-state index in [2.05, 4.69) is 4.89 Å². The molecule has 0 saturated heterocycles. The first kappa shape index (κ1) is 5.02. The van der Waals surface area contributed by atoms with Crippen molar-refractivity contribution >= 4 is 0 Å². The van der Waals surface area contributed by atoms with Crippen LogP contribution in [-0.2, 0) is 23.0 Å². The van der Waals surface area contributed by atoms with Crippen LogP contribution in [0.1, 0.15) is 11.3 Å². The highest BCUT2D eigenvalue weighted by Crippen LogP contribution is 2.17. The van der Waals surface area contributed by atoms with Crippen LogP contribution < -0.4 is 0 Å². The van der Waals surface area contributed by atoms with E-state index in [4.69, 9.17) is 9.30 Å². The molecule has 0 N–H and O–H groups in total. The Hall–Kier alpha value is -0.800. The minimum Gasteiger partial charge on any atom is -0.466 e. The van der Waals surface area contributed by atoms with Gasteiger partial charge < -0.3 is 4.42 Å². The highest BCUT2D eigenvalue weighted by atomic mass is 17.2. The molecule has 3 heteroatoms. The Bertz CT molecular complexity index is 183. The van der Waals surface area contributed by atoms with Gasteiger partial charge in [-0.3, -0.25) is 0 Å². The van der Waals surface area contributed by atoms with Crippen molar-refractivity contribution < 1.29 is 14.2 Å². The number of hydrogen-bond donors (Lipinski definition) is 0. The zero-order chi connectivity index (χ0) is 6.10. The maximum atomic E-state index is 5.05. The van der Waals surface area contributed by atoms with Crippen LogP contribution in [0, 0.1) is 0 Å². The summed E-state index contributed by atoms with van der Waals surface area (Å²) in [6, 6.07) is 1.89. The molecule has 0 radical (unpaired) electrons. The molecule has 0 saturated carbocycles. The van der Waals surface area contributed by atoms with Crippen molar-refractivity contribution in [3.8, 4) is 0 Å². The number of rotatable bonds is 0. The van der Waals surface area contributed by atoms with Gasteiger partial charge in [-0.2, -0.15) is 0 Å². The molecule has 2 heterocycles. The van der Waals surface area contributed by atoms with Crippen molar-refractivity contribution in [2.75, 3.05) is 0 Å². The summed E-state index contributed by atoms with van der Waals surface area (Å²) in [5.74, 6) is 0.876. The normalized spacial score (nSPS) is 17.3. The van der Waals surface area contributed by atoms with Crippen molar-refractivity contribution in [2.24, 2.45) is 0 Å². The molecule has 48 valence electrons. The third kappa shape index (κ3) is 0.742. The highest BCUT2D eigenvalue weighted by Gasteiger charge is 2.11. The van der Waals surface area contributed by atoms with Crippen molar-refractivity contribution in [1.82, 2.24) is 0 Å². The molecule has 0 fully saturated rings. The topological polar surface area (TPSA) is 31.6 Å². The Morgan fingerprint density at radius 3 is 3.00 bits per heavy atom. The van der Waals surface area contributed by atoms with Crippen molar-refractivity contribution in [3.63, 3.8) is 0 Å². The highest BCUT2D eigenvalue weighted by molar-refractivity contribution is 5.15. The molecule has 0 aliphatic carbocycles. The average Bonchev–Trinajstić information content (AvgIpc) is 2.33. The predicted octanol–water partition coefficient (Wildman–Crippen LogP) is 1.24. The smallest absolute Gasteiger partial charge is 0.140 e. The van der Waals surface area contributed by atoms with Gasteiger partial charge in [0.05, 0.1) is 6.26 Å². The number of hydrogen-bond acceptors (Lipinski definition) is 3. The second kappa shape index (κ2) is 1.86. The van der Waals surface area contributed by atoms with E-state index in [1.165, 1.54) is 0 Å². The van der Waals surface area contributed by atoms with Gasteiger partial charge in [0.1, 0.15) is 19.0 Å². The largest absolute Gasteiger partial charge is 0.466 e. The lowest BCUT2D eigenvalue weighted by molar-refractivity contribution is -0.324. The minimum atomic E-state index is 0.433. The summed E-state index contributed by atoms with van der Waals surface area (Å²) in [5.41, 5.74) is 1.08. The Kier molecular flexibility index (Phi) is 1.04. The van der Waals surface area contributed by atoms with Crippen LogP contribution in [0.15, 0.2) is 16.7 Å². The van der Waals surface area contributed by atoms with Gasteiger partial charge in [-0.1, -0.05) is 0 Å². The van der Waals surface area contributed by atoms with Gasteiger partial charge in [0, 0.05) is 5.56 Å². The molecular formula is C6H6O3. The summed E-state index contributed by atoms with van der Waals surface area (Å²) in [5, 5.41) is 0. The molecule has 0 spiro atoms. The SMILES string of the molecule is c1cc2c(o1)COOC2. The van der Waals surface area contributed by atoms with E-state index in [1.54, 1.807) is 6.26 Å². The van der Waals surface area contributed by atoms with E-state index in [0.29, 0.717) is 13.2 Å². The van der Waals surface area contributed by atoms with Crippen molar-refractivity contribution in [3.05, 3.63) is 23.7 Å². The van der Waals surface area contributed by atoms with Gasteiger partial charge in [0.25, 0.3) is 0 Å². The first-order valence-electron chi connectivity index (χ1n) is 2.76. The van der Waals surface area contributed by atoms with Crippen LogP contribution in [-0.4, -0.2) is 0 Å². The second-order valence-corrected chi connectivity index (χ2v) is 1.89. The fraction of sp³-hybridized carbons (Fsp3) is 0.333. The monoisotopic (exact) mass is 126 g/mol. The zero-order valence-corrected chi connectivity index (χ0v) is 4.79. The molecule has 1 aliphatic heterocycles. The lowest BCUT2D eigenvalue weighted by atomic mass is 10.3. The standard InChI is InChI=1S/C6H6O3/c1-2-7-6-4-9-8-3-5(1)6/h1-2H,3-4H2. The first-order chi connectivity index (χ1) is 4.47. The van der Waals surface area contributed by atoms with Gasteiger partial charge >= 0.3 is 0 Å². The fourth-order valence-corrected chi connectivity index (χ4v) is 0.823. The molecule has 0 aromatic carbocycles. The van der Waals surface area contributed by atoms with Crippen molar-refractivity contribution in [2.45, 2.75) is 13.2 Å². The lowest BCUT2D eigenvalue weighted by Crippen LogP contribution is -2.03. The van der Waals surface area contributed by atoms with E-state index in [9.17, 15) is 0 Å². The summed E-state index contributed by atoms with van der Waals surface area (Å²) in [6.07, 6.45) is 1.64. The van der Waals surface area contributed by atoms with E-state index < -0.39 is 0 Å². The van der Waals surface area contributed by atoms with Crippen LogP contribution in [0.4, 0.5) is 0 Å². The molecule has 1 aromatic rings. The minimum absolute atomic E-state index is 0.433. The Morgan fingerprint density at radius 1 is 1.22 bits per heavy atom. The Balaban J connectivity index is 2.39. The molecule has 1 aromatic heterocycles. The van der Waals surface area contributed by atoms with Crippen LogP contribution in [0.5, 0.6) is 0 Å². The lowest BCUT2D eigenvalue weighted by Gasteiger charge is -2.08. The third-order valence-electron chi connectivity index (χ3n) is 1.33. The molecule has 0 bridgehead atoms. The Labute approximate surface area is 52.1 Å². The summed E-state index contributed by atoms with van der Waals surface area (Å²) in [4.78, 5) is 9.35. The summed E-state index contributed by atoms with van der Waals surface area (Å²) >= 11 is 0. The van der Waals surface area contributed by atoms with Gasteiger partial charge in [-0.25, -0.2) is 9.78 Å². The van der Waals surface area contributed by atoms with Gasteiger partial charge in [0.2, 0.25) is 0 Å². The van der Waals surface area contributed by atoms with E-state index >= 15 is 0 Å². The van der Waals surface area contributed by atoms with Crippen LogP contribution >= 0.6 is 0 Å². The van der Waals surface area contributed by atoms with Crippen molar-refractivity contribution in [1.29, 1.82) is 0 Å². The molecular weight excluding hydrogens is 120 g/mol. The molecule has 3 nitrogen and oxygen atoms in total. The first-order valence-corrected chi connectivity index (χ1v) is 2.76. The van der Waals surface area contributed by atoms with E-state index in [-0.39, 0.29) is 0 Å². The van der Waals surface area contributed by atoms with Gasteiger partial charge in [-0.15, -0.1) is 0 Å². The molecule has 0 atom stereocenters. The van der Waals surface area contributed by atoms with Crippen LogP contribution in [0.3, 0.4) is 0 Å². The zero-order valence-electron chi connectivity index (χ0n) is 4.79. The molecule has 0 amide bonds. The summed E-state index contributed by atoms with van der Waals surface area (Å²) in [7, 11) is 0. The molecule has 0 unspecified atom stereocenters. The van der Waals surface area contributed by atoms with Gasteiger partial charge in [0.15, 0.2) is 0 Å². The molecule has 9 heavy (non-hydrogen) atoms. The van der Waals surface area contributed by atoms with E-state index in [0.717, 1.165) is 11.3 Å². The maximum absolute atomic E-state index is 5.05. The fourth-order valence-electron chi connectivity index (χ4n) is 0.823. The maximum Gasteiger partial charge on any atom is 0.140 e. The summed E-state index contributed by atoms with van der Waals surface area (Å²) < 4.78 is 5.05. The predicted molar refractivity (Wildman–Crippen MR) is 28.3 cm³/mol. The molecule has 2 rings (SSSR count). The van der Waals surface area contributed by atoms with E-state index in [1.807, 2.05) is 6.07 Å². The van der Waals surface area contributed by atoms with Crippen LogP contribution in [0.2, 0.25) is 0 Å². The average molecular weight is 126 g/mol. The van der Waals surface area contributed by atoms with Gasteiger partial charge in [-0.05, 0) is 6.07 Å². The quantitative estimate of drug-likeness (QED) is 0.490. The van der Waals surface area contributed by atoms with Crippen LogP contribution in [0.25, 0.3) is 0 Å². The molecule has 1 aliphatic rings. The number of fused-ring (bicyclic) bond motifs is 1. The summed E-state index contributed by atoms with van der Waals surface area (Å²) in [6.45, 7) is 0.939. The Morgan fingerprint density at radius 2 is 2.11 bits per heavy atom. The number of furan rings is 1.